The fourth-order valence-corrected chi connectivity index (χ4v) is 1.82. The number of benzene rings is 2. The Bertz CT molecular complexity index is 502. The Hall–Kier alpha value is -1.22. The normalized spacial score (nSPS) is 10.3. The summed E-state index contributed by atoms with van der Waals surface area (Å²) in [6.45, 7) is 0.362. The zero-order valence-corrected chi connectivity index (χ0v) is 10.5. The molecule has 0 atom stereocenters. The van der Waals surface area contributed by atoms with E-state index in [2.05, 4.69) is 0 Å². The van der Waals surface area contributed by atoms with Gasteiger partial charge < -0.3 is 0 Å². The Morgan fingerprint density at radius 1 is 0.941 bits per heavy atom. The number of halogens is 2. The maximum absolute atomic E-state index is 9.89. The summed E-state index contributed by atoms with van der Waals surface area (Å²) >= 11 is 11.7. The van der Waals surface area contributed by atoms with E-state index in [1.807, 2.05) is 36.4 Å². The maximum atomic E-state index is 9.89. The average molecular weight is 268 g/mol. The molecule has 0 aliphatic heterocycles. The molecule has 2 rings (SSSR count). The second-order valence-electron chi connectivity index (χ2n) is 3.64. The van der Waals surface area contributed by atoms with Gasteiger partial charge in [0, 0.05) is 0 Å². The summed E-state index contributed by atoms with van der Waals surface area (Å²) in [5.41, 5.74) is 1.63. The summed E-state index contributed by atoms with van der Waals surface area (Å²) in [6.07, 6.45) is 0. The van der Waals surface area contributed by atoms with Gasteiger partial charge in [0.15, 0.2) is 0 Å². The van der Waals surface area contributed by atoms with Crippen LogP contribution in [-0.2, 0) is 6.54 Å². The lowest BCUT2D eigenvalue weighted by Gasteiger charge is -2.17. The number of para-hydroxylation sites is 1. The van der Waals surface area contributed by atoms with Gasteiger partial charge in [0.05, 0.1) is 22.3 Å². The minimum absolute atomic E-state index is 0.362. The first-order chi connectivity index (χ1) is 8.16. The molecule has 0 aliphatic rings. The van der Waals surface area contributed by atoms with Crippen molar-refractivity contribution in [2.45, 2.75) is 6.54 Å². The van der Waals surface area contributed by atoms with Gasteiger partial charge in [-0.15, -0.1) is 0 Å². The summed E-state index contributed by atoms with van der Waals surface area (Å²) in [6, 6.07) is 14.6. The predicted octanol–water partition coefficient (Wildman–Crippen LogP) is 4.39. The molecular formula is C13H11Cl2NO. The smallest absolute Gasteiger partial charge is 0.0704 e. The first-order valence-corrected chi connectivity index (χ1v) is 5.88. The largest absolute Gasteiger partial charge is 0.288 e. The Balaban J connectivity index is 2.13. The molecule has 0 fully saturated rings. The van der Waals surface area contributed by atoms with Gasteiger partial charge in [-0.1, -0.05) is 47.5 Å². The van der Waals surface area contributed by atoms with E-state index >= 15 is 0 Å². The molecule has 0 spiro atoms. The second-order valence-corrected chi connectivity index (χ2v) is 4.46. The van der Waals surface area contributed by atoms with Crippen LogP contribution in [0, 0.1) is 0 Å². The second kappa shape index (κ2) is 5.41. The number of rotatable bonds is 3. The summed E-state index contributed by atoms with van der Waals surface area (Å²) in [5.74, 6) is 0. The van der Waals surface area contributed by atoms with Crippen molar-refractivity contribution < 1.29 is 5.21 Å². The van der Waals surface area contributed by atoms with Crippen LogP contribution >= 0.6 is 23.2 Å². The van der Waals surface area contributed by atoms with Crippen LogP contribution in [0.2, 0.25) is 10.0 Å². The third-order valence-corrected chi connectivity index (χ3v) is 3.11. The van der Waals surface area contributed by atoms with Crippen molar-refractivity contribution in [1.29, 1.82) is 0 Å². The highest BCUT2D eigenvalue weighted by Gasteiger charge is 2.05. The molecule has 0 radical (unpaired) electrons. The van der Waals surface area contributed by atoms with Crippen LogP contribution in [-0.4, -0.2) is 5.21 Å². The zero-order chi connectivity index (χ0) is 12.3. The van der Waals surface area contributed by atoms with Gasteiger partial charge in [0.25, 0.3) is 0 Å². The molecule has 0 aromatic heterocycles. The summed E-state index contributed by atoms with van der Waals surface area (Å²) in [4.78, 5) is 0. The fourth-order valence-electron chi connectivity index (χ4n) is 1.50. The molecule has 0 bridgehead atoms. The number of nitrogens with zero attached hydrogens (tertiary/aromatic N) is 1. The van der Waals surface area contributed by atoms with Crippen LogP contribution in [0.15, 0.2) is 48.5 Å². The number of hydrogen-bond donors (Lipinski definition) is 1. The first-order valence-electron chi connectivity index (χ1n) is 5.12. The van der Waals surface area contributed by atoms with E-state index in [1.165, 1.54) is 5.06 Å². The van der Waals surface area contributed by atoms with Crippen LogP contribution in [0.25, 0.3) is 0 Å². The highest BCUT2D eigenvalue weighted by Crippen LogP contribution is 2.24. The van der Waals surface area contributed by atoms with Gasteiger partial charge in [-0.05, 0) is 29.8 Å². The predicted molar refractivity (Wildman–Crippen MR) is 70.9 cm³/mol. The summed E-state index contributed by atoms with van der Waals surface area (Å²) < 4.78 is 0. The van der Waals surface area contributed by atoms with Crippen molar-refractivity contribution >= 4 is 28.9 Å². The molecule has 88 valence electrons. The molecule has 17 heavy (non-hydrogen) atoms. The minimum Gasteiger partial charge on any atom is -0.288 e. The zero-order valence-electron chi connectivity index (χ0n) is 8.98. The van der Waals surface area contributed by atoms with Crippen molar-refractivity contribution in [2.24, 2.45) is 0 Å². The highest BCUT2D eigenvalue weighted by molar-refractivity contribution is 6.42. The van der Waals surface area contributed by atoms with E-state index in [0.717, 1.165) is 11.3 Å². The Morgan fingerprint density at radius 2 is 1.65 bits per heavy atom. The lowest BCUT2D eigenvalue weighted by atomic mass is 10.2. The van der Waals surface area contributed by atoms with Gasteiger partial charge in [0.2, 0.25) is 0 Å². The molecule has 0 amide bonds. The molecular weight excluding hydrogens is 257 g/mol. The molecule has 0 heterocycles. The van der Waals surface area contributed by atoms with Crippen LogP contribution < -0.4 is 5.06 Å². The van der Waals surface area contributed by atoms with Crippen molar-refractivity contribution in [3.63, 3.8) is 0 Å². The molecule has 4 heteroatoms. The first kappa shape index (κ1) is 12.2. The maximum Gasteiger partial charge on any atom is 0.0704 e. The van der Waals surface area contributed by atoms with E-state index in [-0.39, 0.29) is 0 Å². The van der Waals surface area contributed by atoms with E-state index < -0.39 is 0 Å². The van der Waals surface area contributed by atoms with Crippen LogP contribution in [0.3, 0.4) is 0 Å². The van der Waals surface area contributed by atoms with Crippen LogP contribution in [0.4, 0.5) is 5.69 Å². The molecule has 0 saturated heterocycles. The summed E-state index contributed by atoms with van der Waals surface area (Å²) in [5, 5.41) is 12.1. The number of anilines is 1. The minimum atomic E-state index is 0.362. The molecule has 0 saturated carbocycles. The fraction of sp³-hybridized carbons (Fsp3) is 0.0769. The topological polar surface area (TPSA) is 23.5 Å². The third kappa shape index (κ3) is 3.13. The van der Waals surface area contributed by atoms with Gasteiger partial charge in [0.1, 0.15) is 0 Å². The third-order valence-electron chi connectivity index (χ3n) is 2.37. The van der Waals surface area contributed by atoms with Crippen LogP contribution in [0.1, 0.15) is 5.56 Å². The van der Waals surface area contributed by atoms with Gasteiger partial charge in [-0.3, -0.25) is 10.3 Å². The van der Waals surface area contributed by atoms with Gasteiger partial charge in [-0.2, -0.15) is 0 Å². The van der Waals surface area contributed by atoms with E-state index in [4.69, 9.17) is 23.2 Å². The van der Waals surface area contributed by atoms with Crippen molar-refractivity contribution in [1.82, 2.24) is 0 Å². The summed E-state index contributed by atoms with van der Waals surface area (Å²) in [7, 11) is 0. The Morgan fingerprint density at radius 3 is 2.29 bits per heavy atom. The molecule has 2 aromatic carbocycles. The van der Waals surface area contributed by atoms with Crippen molar-refractivity contribution in [2.75, 3.05) is 5.06 Å². The van der Waals surface area contributed by atoms with Crippen LogP contribution in [0.5, 0.6) is 0 Å². The van der Waals surface area contributed by atoms with E-state index in [0.29, 0.717) is 16.6 Å². The molecule has 2 aromatic rings. The monoisotopic (exact) mass is 267 g/mol. The average Bonchev–Trinajstić information content (AvgIpc) is 2.35. The van der Waals surface area contributed by atoms with Gasteiger partial charge in [-0.25, -0.2) is 0 Å². The Kier molecular flexibility index (Phi) is 3.89. The van der Waals surface area contributed by atoms with Crippen molar-refractivity contribution in [3.8, 4) is 0 Å². The molecule has 1 N–H and O–H groups in total. The SMILES string of the molecule is ON(Cc1ccc(Cl)c(Cl)c1)c1ccccc1. The van der Waals surface area contributed by atoms with E-state index in [1.54, 1.807) is 12.1 Å². The lowest BCUT2D eigenvalue weighted by Crippen LogP contribution is -2.16. The van der Waals surface area contributed by atoms with Gasteiger partial charge >= 0.3 is 0 Å². The van der Waals surface area contributed by atoms with Crippen molar-refractivity contribution in [3.05, 3.63) is 64.1 Å². The number of hydrogen-bond acceptors (Lipinski definition) is 2. The standard InChI is InChI=1S/C13H11Cl2NO/c14-12-7-6-10(8-13(12)15)9-16(17)11-4-2-1-3-5-11/h1-8,17H,9H2. The highest BCUT2D eigenvalue weighted by atomic mass is 35.5. The quantitative estimate of drug-likeness (QED) is 0.834. The lowest BCUT2D eigenvalue weighted by molar-refractivity contribution is 0.250. The molecule has 0 unspecified atom stereocenters. The molecule has 2 nitrogen and oxygen atoms in total. The Labute approximate surface area is 110 Å². The molecule has 0 aliphatic carbocycles. The van der Waals surface area contributed by atoms with E-state index in [9.17, 15) is 5.21 Å². The number of hydroxylamine groups is 1.